The van der Waals surface area contributed by atoms with Crippen LogP contribution in [-0.2, 0) is 17.9 Å². The summed E-state index contributed by atoms with van der Waals surface area (Å²) in [4.78, 5) is 26.9. The highest BCUT2D eigenvalue weighted by atomic mass is 32.2. The number of nitro benzene ring substituents is 1. The maximum atomic E-state index is 12.3. The number of hydrogen-bond acceptors (Lipinski definition) is 6. The largest absolute Gasteiger partial charge is 0.390 e. The van der Waals surface area contributed by atoms with E-state index in [0.29, 0.717) is 23.1 Å². The van der Waals surface area contributed by atoms with Gasteiger partial charge in [-0.2, -0.15) is 0 Å². The number of carbonyl (C=O) groups excluding carboxylic acids is 1. The van der Waals surface area contributed by atoms with E-state index in [9.17, 15) is 20.0 Å². The number of amides is 1. The predicted octanol–water partition coefficient (Wildman–Crippen LogP) is 3.37. The third kappa shape index (κ3) is 5.43. The Kier molecular flexibility index (Phi) is 6.63. The standard InChI is InChI=1S/C20H20N4O4S/c1-14-5-7-15(8-6-14)11-23-18(12-25)10-21-20(23)29-13-19(26)22-16-3-2-4-17(9-16)24(27)28/h2-10,25H,11-13H2,1H3,(H,22,26). The maximum absolute atomic E-state index is 12.3. The molecule has 0 aliphatic carbocycles. The zero-order valence-corrected chi connectivity index (χ0v) is 16.6. The van der Waals surface area contributed by atoms with Gasteiger partial charge in [-0.3, -0.25) is 14.9 Å². The number of aryl methyl sites for hydroxylation is 1. The number of benzene rings is 2. The fourth-order valence-corrected chi connectivity index (χ4v) is 3.50. The van der Waals surface area contributed by atoms with E-state index >= 15 is 0 Å². The molecule has 150 valence electrons. The number of aromatic nitrogens is 2. The summed E-state index contributed by atoms with van der Waals surface area (Å²) in [5.41, 5.74) is 3.16. The van der Waals surface area contributed by atoms with Crippen molar-refractivity contribution in [3.05, 3.63) is 81.7 Å². The van der Waals surface area contributed by atoms with Crippen LogP contribution in [0.5, 0.6) is 0 Å². The van der Waals surface area contributed by atoms with Gasteiger partial charge in [-0.15, -0.1) is 0 Å². The Morgan fingerprint density at radius 3 is 2.72 bits per heavy atom. The predicted molar refractivity (Wildman–Crippen MR) is 111 cm³/mol. The molecule has 8 nitrogen and oxygen atoms in total. The molecule has 3 rings (SSSR count). The number of thioether (sulfide) groups is 1. The second-order valence-corrected chi connectivity index (χ2v) is 7.35. The van der Waals surface area contributed by atoms with Crippen LogP contribution in [0.25, 0.3) is 0 Å². The summed E-state index contributed by atoms with van der Waals surface area (Å²) in [7, 11) is 0. The fraction of sp³-hybridized carbons (Fsp3) is 0.200. The molecule has 0 radical (unpaired) electrons. The second-order valence-electron chi connectivity index (χ2n) is 6.41. The van der Waals surface area contributed by atoms with Crippen molar-refractivity contribution in [1.82, 2.24) is 9.55 Å². The molecule has 1 aromatic heterocycles. The van der Waals surface area contributed by atoms with Gasteiger partial charge in [0.25, 0.3) is 5.69 Å². The topological polar surface area (TPSA) is 110 Å². The Labute approximate surface area is 171 Å². The number of nitro groups is 1. The average molecular weight is 412 g/mol. The van der Waals surface area contributed by atoms with Gasteiger partial charge >= 0.3 is 0 Å². The number of anilines is 1. The second kappa shape index (κ2) is 9.35. The van der Waals surface area contributed by atoms with E-state index in [0.717, 1.165) is 11.1 Å². The first-order valence-electron chi connectivity index (χ1n) is 8.84. The van der Waals surface area contributed by atoms with Crippen LogP contribution in [0.4, 0.5) is 11.4 Å². The van der Waals surface area contributed by atoms with Crippen LogP contribution < -0.4 is 5.32 Å². The number of hydrogen-bond donors (Lipinski definition) is 2. The fourth-order valence-electron chi connectivity index (χ4n) is 2.70. The summed E-state index contributed by atoms with van der Waals surface area (Å²) in [6, 6.07) is 13.8. The van der Waals surface area contributed by atoms with Crippen molar-refractivity contribution in [3.8, 4) is 0 Å². The summed E-state index contributed by atoms with van der Waals surface area (Å²) in [5.74, 6) is -0.218. The maximum Gasteiger partial charge on any atom is 0.271 e. The van der Waals surface area contributed by atoms with Crippen LogP contribution in [0.1, 0.15) is 16.8 Å². The number of rotatable bonds is 8. The van der Waals surface area contributed by atoms with Gasteiger partial charge in [0, 0.05) is 24.4 Å². The molecule has 0 saturated heterocycles. The van der Waals surface area contributed by atoms with Gasteiger partial charge in [0.05, 0.1) is 29.2 Å². The van der Waals surface area contributed by atoms with E-state index in [1.165, 1.54) is 30.0 Å². The smallest absolute Gasteiger partial charge is 0.271 e. The number of nitrogens with zero attached hydrogens (tertiary/aromatic N) is 3. The summed E-state index contributed by atoms with van der Waals surface area (Å²) in [6.07, 6.45) is 1.59. The lowest BCUT2D eigenvalue weighted by Crippen LogP contribution is -2.15. The third-order valence-electron chi connectivity index (χ3n) is 4.20. The average Bonchev–Trinajstić information content (AvgIpc) is 3.10. The Balaban J connectivity index is 1.66. The first-order chi connectivity index (χ1) is 14.0. The molecule has 2 aromatic carbocycles. The SMILES string of the molecule is Cc1ccc(Cn2c(CO)cnc2SCC(=O)Nc2cccc([N+](=O)[O-])c2)cc1. The lowest BCUT2D eigenvalue weighted by Gasteiger charge is -2.11. The quantitative estimate of drug-likeness (QED) is 0.333. The van der Waals surface area contributed by atoms with E-state index < -0.39 is 4.92 Å². The number of nitrogens with one attached hydrogen (secondary N) is 1. The van der Waals surface area contributed by atoms with E-state index in [4.69, 9.17) is 0 Å². The monoisotopic (exact) mass is 412 g/mol. The van der Waals surface area contributed by atoms with Crippen LogP contribution in [-0.4, -0.2) is 31.2 Å². The van der Waals surface area contributed by atoms with Gasteiger partial charge in [-0.1, -0.05) is 47.7 Å². The van der Waals surface area contributed by atoms with Crippen LogP contribution >= 0.6 is 11.8 Å². The van der Waals surface area contributed by atoms with Gasteiger partial charge in [-0.05, 0) is 18.6 Å². The number of non-ortho nitro benzene ring substituents is 1. The minimum Gasteiger partial charge on any atom is -0.390 e. The van der Waals surface area contributed by atoms with Crippen molar-refractivity contribution in [3.63, 3.8) is 0 Å². The molecule has 0 fully saturated rings. The molecule has 1 amide bonds. The number of aliphatic hydroxyl groups excluding tert-OH is 1. The van der Waals surface area contributed by atoms with E-state index in [2.05, 4.69) is 10.3 Å². The van der Waals surface area contributed by atoms with E-state index in [1.54, 1.807) is 12.3 Å². The highest BCUT2D eigenvalue weighted by Crippen LogP contribution is 2.22. The Hall–Kier alpha value is -3.17. The first kappa shape index (κ1) is 20.6. The van der Waals surface area contributed by atoms with Gasteiger partial charge in [-0.25, -0.2) is 4.98 Å². The Morgan fingerprint density at radius 1 is 1.28 bits per heavy atom. The van der Waals surface area contributed by atoms with Gasteiger partial charge < -0.3 is 15.0 Å². The highest BCUT2D eigenvalue weighted by Gasteiger charge is 2.14. The Morgan fingerprint density at radius 2 is 2.03 bits per heavy atom. The number of aliphatic hydroxyl groups is 1. The first-order valence-corrected chi connectivity index (χ1v) is 9.82. The van der Waals surface area contributed by atoms with Crippen molar-refractivity contribution >= 4 is 29.0 Å². The molecule has 9 heteroatoms. The van der Waals surface area contributed by atoms with E-state index in [1.807, 2.05) is 35.8 Å². The van der Waals surface area contributed by atoms with Crippen molar-refractivity contribution in [2.45, 2.75) is 25.2 Å². The lowest BCUT2D eigenvalue weighted by molar-refractivity contribution is -0.384. The summed E-state index contributed by atoms with van der Waals surface area (Å²) in [5, 5.41) is 23.7. The molecule has 3 aromatic rings. The molecule has 29 heavy (non-hydrogen) atoms. The number of carbonyl (C=O) groups is 1. The lowest BCUT2D eigenvalue weighted by atomic mass is 10.1. The molecular formula is C20H20N4O4S. The van der Waals surface area contributed by atoms with Crippen molar-refractivity contribution in [2.75, 3.05) is 11.1 Å². The van der Waals surface area contributed by atoms with Crippen LogP contribution in [0.3, 0.4) is 0 Å². The minimum absolute atomic E-state index is 0.0818. The van der Waals surface area contributed by atoms with Gasteiger partial charge in [0.15, 0.2) is 5.16 Å². The van der Waals surface area contributed by atoms with Crippen LogP contribution in [0.15, 0.2) is 59.9 Å². The molecule has 0 atom stereocenters. The molecule has 0 aliphatic heterocycles. The molecule has 0 aliphatic rings. The van der Waals surface area contributed by atoms with E-state index in [-0.39, 0.29) is 24.0 Å². The molecule has 1 heterocycles. The van der Waals surface area contributed by atoms with Crippen molar-refractivity contribution < 1.29 is 14.8 Å². The Bertz CT molecular complexity index is 1020. The molecule has 2 N–H and O–H groups in total. The van der Waals surface area contributed by atoms with Crippen molar-refractivity contribution in [1.29, 1.82) is 0 Å². The zero-order chi connectivity index (χ0) is 20.8. The molecule has 0 saturated carbocycles. The van der Waals surface area contributed by atoms with Crippen LogP contribution in [0.2, 0.25) is 0 Å². The molecular weight excluding hydrogens is 392 g/mol. The zero-order valence-electron chi connectivity index (χ0n) is 15.7. The summed E-state index contributed by atoms with van der Waals surface area (Å²) >= 11 is 1.24. The van der Waals surface area contributed by atoms with Crippen LogP contribution in [0, 0.1) is 17.0 Å². The normalized spacial score (nSPS) is 10.7. The molecule has 0 unspecified atom stereocenters. The highest BCUT2D eigenvalue weighted by molar-refractivity contribution is 7.99. The van der Waals surface area contributed by atoms with Gasteiger partial charge in [0.1, 0.15) is 0 Å². The minimum atomic E-state index is -0.511. The molecule has 0 spiro atoms. The van der Waals surface area contributed by atoms with Gasteiger partial charge in [0.2, 0.25) is 5.91 Å². The molecule has 0 bridgehead atoms. The number of imidazole rings is 1. The van der Waals surface area contributed by atoms with Crippen molar-refractivity contribution in [2.24, 2.45) is 0 Å². The third-order valence-corrected chi connectivity index (χ3v) is 5.19. The summed E-state index contributed by atoms with van der Waals surface area (Å²) < 4.78 is 1.87. The summed E-state index contributed by atoms with van der Waals surface area (Å²) in [6.45, 7) is 2.39.